The number of hydrogen-bond donors (Lipinski definition) is 4. The summed E-state index contributed by atoms with van der Waals surface area (Å²) in [6.07, 6.45) is 1.43. The van der Waals surface area contributed by atoms with Crippen LogP contribution in [0.15, 0.2) is 40.3 Å². The number of hydrogen-bond acceptors (Lipinski definition) is 9. The molecule has 1 aromatic carbocycles. The summed E-state index contributed by atoms with van der Waals surface area (Å²) in [6.45, 7) is 0.0482. The maximum absolute atomic E-state index is 12.7. The minimum atomic E-state index is -4.50. The van der Waals surface area contributed by atoms with Crippen molar-refractivity contribution < 1.29 is 22.6 Å². The topological polar surface area (TPSA) is 215 Å². The third-order valence-corrected chi connectivity index (χ3v) is 6.77. The number of aromatic nitrogens is 5. The van der Waals surface area contributed by atoms with Gasteiger partial charge in [0.25, 0.3) is 0 Å². The van der Waals surface area contributed by atoms with Gasteiger partial charge in [0.2, 0.25) is 15.8 Å². The zero-order valence-electron chi connectivity index (χ0n) is 14.4. The fourth-order valence-corrected chi connectivity index (χ4v) is 5.56. The molecule has 0 bridgehead atoms. The number of quaternary nitrogens is 1. The molecule has 14 heteroatoms. The van der Waals surface area contributed by atoms with Gasteiger partial charge in [0, 0.05) is 6.20 Å². The Bertz CT molecular complexity index is 1220. The number of benzene rings is 1. The predicted molar refractivity (Wildman–Crippen MR) is 98.4 cm³/mol. The lowest BCUT2D eigenvalue weighted by molar-refractivity contribution is -0.360. The molecule has 0 aliphatic rings. The molecule has 0 saturated heterocycles. The number of nitrogens with two attached hydrogens (primary N) is 2. The van der Waals surface area contributed by atoms with Gasteiger partial charge in [0.05, 0.1) is 17.0 Å². The zero-order chi connectivity index (χ0) is 20.5. The van der Waals surface area contributed by atoms with E-state index >= 15 is 0 Å². The molecule has 3 aromatic rings. The lowest BCUT2D eigenvalue weighted by atomic mass is 10.00. The highest BCUT2D eigenvalue weighted by atomic mass is 32.2. The number of tetrazole rings is 1. The van der Waals surface area contributed by atoms with Gasteiger partial charge in [-0.25, -0.2) is 27.0 Å². The van der Waals surface area contributed by atoms with Crippen LogP contribution in [0, 0.1) is 0 Å². The van der Waals surface area contributed by atoms with Crippen LogP contribution < -0.4 is 16.6 Å². The number of H-pyrrole nitrogens is 1. The molecule has 0 amide bonds. The molecule has 28 heavy (non-hydrogen) atoms. The molecule has 0 atom stereocenters. The van der Waals surface area contributed by atoms with E-state index in [9.17, 15) is 16.8 Å². The highest BCUT2D eigenvalue weighted by molar-refractivity contribution is 7.93. The lowest BCUT2D eigenvalue weighted by Crippen LogP contribution is -2.53. The zero-order valence-corrected chi connectivity index (χ0v) is 16.0. The number of nitrogens with zero attached hydrogens (tertiary/aromatic N) is 4. The first kappa shape index (κ1) is 19.8. The third kappa shape index (κ3) is 3.70. The second-order valence-corrected chi connectivity index (χ2v) is 9.31. The van der Waals surface area contributed by atoms with Crippen LogP contribution in [0.5, 0.6) is 0 Å². The standard InChI is InChI=1S/C14H16N8O4S2/c15-4-6-27(23,24)10-2-1-9(8-3-5-18-11(16)7-8)12(13(10)28(17,25)26)14-19-21-22-20-14/h1-3,5,7H,4,6,15H2,(H2,16,18)(H2,17,25,26)(H,19,20,21,22)/p+1. The number of rotatable bonds is 6. The summed E-state index contributed by atoms with van der Waals surface area (Å²) in [5.41, 5.74) is 9.90. The first-order valence-electron chi connectivity index (χ1n) is 7.82. The number of nitrogen functional groups attached to an aromatic ring is 1. The minimum absolute atomic E-state index is 0.0482. The second-order valence-electron chi connectivity index (χ2n) is 5.74. The summed E-state index contributed by atoms with van der Waals surface area (Å²) in [5, 5.41) is 18.7. The van der Waals surface area contributed by atoms with Gasteiger partial charge in [0.1, 0.15) is 16.5 Å². The normalized spacial score (nSPS) is 12.2. The van der Waals surface area contributed by atoms with E-state index in [-0.39, 0.29) is 29.5 Å². The van der Waals surface area contributed by atoms with Crippen LogP contribution in [0.4, 0.5) is 5.82 Å². The van der Waals surface area contributed by atoms with Gasteiger partial charge in [-0.05, 0) is 34.5 Å². The number of sulfone groups is 1. The van der Waals surface area contributed by atoms with Crippen molar-refractivity contribution in [3.63, 3.8) is 0 Å². The highest BCUT2D eigenvalue weighted by Crippen LogP contribution is 2.39. The molecule has 0 radical (unpaired) electrons. The molecular weight excluding hydrogens is 408 g/mol. The molecular formula is C14H17N8O4S2+. The molecule has 8 N–H and O–H groups in total. The lowest BCUT2D eigenvalue weighted by Gasteiger charge is -2.16. The third-order valence-electron chi connectivity index (χ3n) is 3.82. The van der Waals surface area contributed by atoms with Crippen molar-refractivity contribution in [2.45, 2.75) is 9.79 Å². The van der Waals surface area contributed by atoms with Gasteiger partial charge in [-0.3, -0.25) is 0 Å². The molecule has 0 aliphatic carbocycles. The van der Waals surface area contributed by atoms with Crippen LogP contribution in [-0.2, 0) is 19.9 Å². The maximum atomic E-state index is 12.7. The van der Waals surface area contributed by atoms with E-state index in [0.717, 1.165) is 0 Å². The van der Waals surface area contributed by atoms with Gasteiger partial charge in [-0.2, -0.15) is 5.21 Å². The Balaban J connectivity index is 2.48. The smallest absolute Gasteiger partial charge is 0.240 e. The Morgan fingerprint density at radius 2 is 1.89 bits per heavy atom. The van der Waals surface area contributed by atoms with Crippen LogP contribution in [0.25, 0.3) is 22.5 Å². The summed E-state index contributed by atoms with van der Waals surface area (Å²) < 4.78 is 50.2. The average molecular weight is 425 g/mol. The number of primary sulfonamides is 1. The van der Waals surface area contributed by atoms with Crippen molar-refractivity contribution in [3.8, 4) is 22.5 Å². The molecule has 0 spiro atoms. The van der Waals surface area contributed by atoms with E-state index in [1.54, 1.807) is 6.07 Å². The van der Waals surface area contributed by atoms with Gasteiger partial charge in [0.15, 0.2) is 9.84 Å². The number of pyridine rings is 1. The maximum Gasteiger partial charge on any atom is 0.240 e. The van der Waals surface area contributed by atoms with Gasteiger partial charge < -0.3 is 11.5 Å². The largest absolute Gasteiger partial charge is 0.384 e. The van der Waals surface area contributed by atoms with E-state index in [1.807, 2.05) is 0 Å². The first-order chi connectivity index (χ1) is 13.1. The minimum Gasteiger partial charge on any atom is -0.384 e. The number of aromatic amines is 1. The highest BCUT2D eigenvalue weighted by Gasteiger charge is 2.32. The quantitative estimate of drug-likeness (QED) is 0.349. The van der Waals surface area contributed by atoms with Crippen molar-refractivity contribution in [3.05, 3.63) is 30.5 Å². The van der Waals surface area contributed by atoms with E-state index in [1.165, 1.54) is 24.4 Å². The van der Waals surface area contributed by atoms with Gasteiger partial charge in [-0.1, -0.05) is 6.07 Å². The van der Waals surface area contributed by atoms with Crippen LogP contribution in [0.1, 0.15) is 0 Å². The van der Waals surface area contributed by atoms with Crippen molar-refractivity contribution in [1.82, 2.24) is 25.6 Å². The fourth-order valence-electron chi connectivity index (χ4n) is 2.74. The Labute approximate surface area is 160 Å². The average Bonchev–Trinajstić information content (AvgIpc) is 3.14. The Morgan fingerprint density at radius 1 is 1.14 bits per heavy atom. The fraction of sp³-hybridized carbons (Fsp3) is 0.143. The molecule has 3 rings (SSSR count). The Hall–Kier alpha value is -2.94. The molecule has 12 nitrogen and oxygen atoms in total. The predicted octanol–water partition coefficient (Wildman–Crippen LogP) is -1.83. The number of sulfonamides is 1. The van der Waals surface area contributed by atoms with Crippen LogP contribution in [0.3, 0.4) is 0 Å². The summed E-state index contributed by atoms with van der Waals surface area (Å²) >= 11 is 0. The van der Waals surface area contributed by atoms with Crippen molar-refractivity contribution >= 4 is 25.7 Å². The van der Waals surface area contributed by atoms with Crippen LogP contribution >= 0.6 is 0 Å². The van der Waals surface area contributed by atoms with E-state index < -0.39 is 29.7 Å². The summed E-state index contributed by atoms with van der Waals surface area (Å²) in [6, 6.07) is 5.69. The Kier molecular flexibility index (Phi) is 5.12. The summed E-state index contributed by atoms with van der Waals surface area (Å²) in [7, 11) is -8.49. The molecule has 2 heterocycles. The van der Waals surface area contributed by atoms with Crippen LogP contribution in [-0.4, -0.2) is 54.7 Å². The monoisotopic (exact) mass is 425 g/mol. The Morgan fingerprint density at radius 3 is 2.46 bits per heavy atom. The second kappa shape index (κ2) is 7.23. The van der Waals surface area contributed by atoms with Crippen molar-refractivity contribution in [1.29, 1.82) is 0 Å². The molecule has 0 fully saturated rings. The van der Waals surface area contributed by atoms with E-state index in [2.05, 4.69) is 31.3 Å². The summed E-state index contributed by atoms with van der Waals surface area (Å²) in [4.78, 5) is 2.82. The number of anilines is 1. The summed E-state index contributed by atoms with van der Waals surface area (Å²) in [5.74, 6) is -0.313. The molecule has 0 aliphatic heterocycles. The van der Waals surface area contributed by atoms with Gasteiger partial charge in [-0.15, -0.1) is 10.2 Å². The van der Waals surface area contributed by atoms with E-state index in [0.29, 0.717) is 11.1 Å². The molecule has 148 valence electrons. The SMILES string of the molecule is Nc1cc(-c2ccc(S(=O)(=O)CC[NH3+])c(S(N)(=O)=O)c2-c2nn[nH]n2)ccn1. The van der Waals surface area contributed by atoms with Crippen molar-refractivity contribution in [2.75, 3.05) is 18.0 Å². The molecule has 0 unspecified atom stereocenters. The van der Waals surface area contributed by atoms with Crippen molar-refractivity contribution in [2.24, 2.45) is 5.14 Å². The molecule has 0 saturated carbocycles. The number of nitrogens with one attached hydrogen (secondary N) is 1. The van der Waals surface area contributed by atoms with Crippen LogP contribution in [0.2, 0.25) is 0 Å². The first-order valence-corrected chi connectivity index (χ1v) is 11.0. The van der Waals surface area contributed by atoms with Gasteiger partial charge >= 0.3 is 0 Å². The van der Waals surface area contributed by atoms with E-state index in [4.69, 9.17) is 10.9 Å². The molecule has 2 aromatic heterocycles.